The van der Waals surface area contributed by atoms with Gasteiger partial charge in [0.05, 0.1) is 22.8 Å². The predicted molar refractivity (Wildman–Crippen MR) is 214 cm³/mol. The van der Waals surface area contributed by atoms with E-state index in [2.05, 4.69) is 15.6 Å². The monoisotopic (exact) mass is 803 g/mol. The maximum absolute atomic E-state index is 11.9. The standard InChI is InChI=1S/C37H29N3O9S3.2Na.2H/c41-50(42,43)34-10-4-1-7-31(34)38-28-19-13-25(14-20-28)37(26-15-21-29(22-16-26)39-32-8-2-5-11-35(32)51(44,45)46)27-17-23-30(24-18-27)40-33-9-3-6-12-36(33)52(47,48)49;;;;/h1-24,38-39H,(H,41,42,43)(H,44,45,46)(H,47,48,49);;;;. The number of anilines is 4. The number of nitrogens with one attached hydrogen (secondary N) is 2. The molecular weight excluding hydrogens is 773 g/mol. The molecule has 0 aromatic heterocycles. The minimum absolute atomic E-state index is 0. The van der Waals surface area contributed by atoms with Gasteiger partial charge in [-0.1, -0.05) is 72.8 Å². The van der Waals surface area contributed by atoms with Crippen molar-refractivity contribution in [3.8, 4) is 0 Å². The zero-order chi connectivity index (χ0) is 37.1. The van der Waals surface area contributed by atoms with Crippen molar-refractivity contribution in [1.82, 2.24) is 0 Å². The molecule has 268 valence electrons. The van der Waals surface area contributed by atoms with Crippen LogP contribution < -0.4 is 10.6 Å². The number of rotatable bonds is 10. The van der Waals surface area contributed by atoms with Crippen molar-refractivity contribution in [3.63, 3.8) is 0 Å². The molecule has 0 heterocycles. The number of hydrogen-bond donors (Lipinski definition) is 5. The molecule has 17 heteroatoms. The van der Waals surface area contributed by atoms with E-state index in [1.54, 1.807) is 66.8 Å². The molecule has 0 amide bonds. The Morgan fingerprint density at radius 1 is 0.463 bits per heavy atom. The fraction of sp³-hybridized carbons (Fsp3) is 0. The molecular formula is C37H31N3Na2O9S3. The Hall–Kier alpha value is -3.68. The predicted octanol–water partition coefficient (Wildman–Crippen LogP) is 6.32. The van der Waals surface area contributed by atoms with Crippen LogP contribution in [0.3, 0.4) is 0 Å². The number of para-hydroxylation sites is 3. The van der Waals surface area contributed by atoms with Gasteiger partial charge in [0.2, 0.25) is 0 Å². The first-order chi connectivity index (χ1) is 24.7. The molecule has 0 saturated carbocycles. The number of benzene rings is 5. The van der Waals surface area contributed by atoms with Crippen LogP contribution >= 0.6 is 0 Å². The molecule has 5 aromatic carbocycles. The molecule has 1 aliphatic carbocycles. The van der Waals surface area contributed by atoms with E-state index in [9.17, 15) is 38.9 Å². The van der Waals surface area contributed by atoms with Crippen LogP contribution in [0.2, 0.25) is 0 Å². The first-order valence-electron chi connectivity index (χ1n) is 15.3. The first kappa shape index (κ1) is 43.1. The molecule has 0 fully saturated rings. The minimum atomic E-state index is -4.51. The average Bonchev–Trinajstić information content (AvgIpc) is 3.10. The van der Waals surface area contributed by atoms with Crippen LogP contribution in [0, 0.1) is 0 Å². The summed E-state index contributed by atoms with van der Waals surface area (Å²) in [6.45, 7) is 0. The van der Waals surface area contributed by atoms with Crippen LogP contribution in [-0.2, 0) is 30.4 Å². The fourth-order valence-electron chi connectivity index (χ4n) is 5.45. The number of allylic oxidation sites excluding steroid dienone is 5. The van der Waals surface area contributed by atoms with Gasteiger partial charge in [-0.15, -0.1) is 0 Å². The van der Waals surface area contributed by atoms with Crippen LogP contribution in [0.25, 0.3) is 5.57 Å². The second kappa shape index (κ2) is 17.8. The molecule has 0 unspecified atom stereocenters. The molecule has 0 saturated heterocycles. The summed E-state index contributed by atoms with van der Waals surface area (Å²) in [7, 11) is -13.5. The topological polar surface area (TPSA) is 200 Å². The molecule has 6 rings (SSSR count). The van der Waals surface area contributed by atoms with E-state index in [-0.39, 0.29) is 90.9 Å². The van der Waals surface area contributed by atoms with E-state index in [1.807, 2.05) is 24.3 Å². The molecule has 5 N–H and O–H groups in total. The zero-order valence-electron chi connectivity index (χ0n) is 26.8. The van der Waals surface area contributed by atoms with Gasteiger partial charge in [-0.3, -0.25) is 13.7 Å². The SMILES string of the molecule is O=S(=O)(O)c1ccccc1N=C1C=CC(=C(c2ccc(Nc3ccccc3S(=O)(=O)O)cc2)c2ccc(Nc3ccccc3S(=O)(=O)O)cc2)C=C1.[NaH].[NaH]. The van der Waals surface area contributed by atoms with Crippen LogP contribution in [0.15, 0.2) is 171 Å². The number of aliphatic imine (C=N–C) groups is 1. The Morgan fingerprint density at radius 2 is 0.833 bits per heavy atom. The third kappa shape index (κ3) is 10.5. The summed E-state index contributed by atoms with van der Waals surface area (Å²) in [6.07, 6.45) is 6.99. The molecule has 5 aromatic rings. The molecule has 54 heavy (non-hydrogen) atoms. The van der Waals surface area contributed by atoms with Crippen molar-refractivity contribution >= 4 is 129 Å². The van der Waals surface area contributed by atoms with E-state index < -0.39 is 30.4 Å². The van der Waals surface area contributed by atoms with Crippen molar-refractivity contribution in [3.05, 3.63) is 162 Å². The third-order valence-electron chi connectivity index (χ3n) is 7.78. The summed E-state index contributed by atoms with van der Waals surface area (Å²) in [5.41, 5.74) is 4.99. The van der Waals surface area contributed by atoms with Crippen molar-refractivity contribution in [2.45, 2.75) is 14.7 Å². The molecule has 0 radical (unpaired) electrons. The number of hydrogen-bond acceptors (Lipinski definition) is 9. The maximum atomic E-state index is 11.9. The quantitative estimate of drug-likeness (QED) is 0.0782. The normalized spacial score (nSPS) is 12.6. The summed E-state index contributed by atoms with van der Waals surface area (Å²) >= 11 is 0. The van der Waals surface area contributed by atoms with Gasteiger partial charge >= 0.3 is 59.1 Å². The van der Waals surface area contributed by atoms with Gasteiger partial charge in [-0.05, 0) is 95.1 Å². The van der Waals surface area contributed by atoms with Gasteiger partial charge in [0.15, 0.2) is 0 Å². The van der Waals surface area contributed by atoms with E-state index in [1.165, 1.54) is 54.6 Å². The van der Waals surface area contributed by atoms with Crippen molar-refractivity contribution in [2.75, 3.05) is 10.6 Å². The Bertz CT molecular complexity index is 2500. The van der Waals surface area contributed by atoms with Gasteiger partial charge in [0, 0.05) is 11.4 Å². The molecule has 1 aliphatic rings. The molecule has 0 spiro atoms. The van der Waals surface area contributed by atoms with Crippen LogP contribution in [0.4, 0.5) is 28.4 Å². The molecule has 0 atom stereocenters. The van der Waals surface area contributed by atoms with Crippen LogP contribution in [0.1, 0.15) is 11.1 Å². The molecule has 12 nitrogen and oxygen atoms in total. The van der Waals surface area contributed by atoms with Gasteiger partial charge in [0.1, 0.15) is 14.7 Å². The van der Waals surface area contributed by atoms with Gasteiger partial charge in [-0.25, -0.2) is 4.99 Å². The van der Waals surface area contributed by atoms with Crippen molar-refractivity contribution in [1.29, 1.82) is 0 Å². The first-order valence-corrected chi connectivity index (χ1v) is 19.6. The summed E-state index contributed by atoms with van der Waals surface area (Å²) in [5.74, 6) is 0. The van der Waals surface area contributed by atoms with Crippen LogP contribution in [0.5, 0.6) is 0 Å². The van der Waals surface area contributed by atoms with Gasteiger partial charge in [0.25, 0.3) is 30.4 Å². The molecule has 0 bridgehead atoms. The molecule has 0 aliphatic heterocycles. The second-order valence-corrected chi connectivity index (χ2v) is 15.5. The van der Waals surface area contributed by atoms with Crippen molar-refractivity contribution < 1.29 is 38.9 Å². The summed E-state index contributed by atoms with van der Waals surface area (Å²) in [5, 5.41) is 6.05. The fourth-order valence-corrected chi connectivity index (χ4v) is 7.37. The van der Waals surface area contributed by atoms with Crippen molar-refractivity contribution in [2.24, 2.45) is 4.99 Å². The van der Waals surface area contributed by atoms with Crippen LogP contribution in [-0.4, -0.2) is 104 Å². The Kier molecular flexibility index (Phi) is 14.2. The van der Waals surface area contributed by atoms with Gasteiger partial charge in [-0.2, -0.15) is 25.3 Å². The average molecular weight is 804 g/mol. The van der Waals surface area contributed by atoms with Gasteiger partial charge < -0.3 is 10.6 Å². The summed E-state index contributed by atoms with van der Waals surface area (Å²) < 4.78 is 100. The Balaban J connectivity index is 0.00000325. The summed E-state index contributed by atoms with van der Waals surface area (Å²) in [4.78, 5) is 3.54. The summed E-state index contributed by atoms with van der Waals surface area (Å²) in [6, 6.07) is 32.0. The van der Waals surface area contributed by atoms with E-state index >= 15 is 0 Å². The van der Waals surface area contributed by atoms with E-state index in [4.69, 9.17) is 0 Å². The number of nitrogens with zero attached hydrogens (tertiary/aromatic N) is 1. The Morgan fingerprint density at radius 3 is 1.24 bits per heavy atom. The Labute approximate surface area is 357 Å². The van der Waals surface area contributed by atoms with E-state index in [0.29, 0.717) is 17.1 Å². The van der Waals surface area contributed by atoms with E-state index in [0.717, 1.165) is 22.3 Å². The zero-order valence-corrected chi connectivity index (χ0v) is 29.3. The third-order valence-corrected chi connectivity index (χ3v) is 10.5. The second-order valence-electron chi connectivity index (χ2n) is 11.3.